The standard InChI is InChI=1S/C19H25NO/c1-6-18(20-5)16-8-7-9-17(12-16)21-19-14(3)11-10-13(2)15(19)4/h7-12,18,20H,6H2,1-5H3. The van der Waals surface area contributed by atoms with Crippen molar-refractivity contribution < 1.29 is 4.74 Å². The van der Waals surface area contributed by atoms with Gasteiger partial charge in [-0.3, -0.25) is 0 Å². The number of aryl methyl sites for hydroxylation is 2. The molecule has 2 rings (SSSR count). The first-order chi connectivity index (χ1) is 10.1. The smallest absolute Gasteiger partial charge is 0.133 e. The number of hydrogen-bond acceptors (Lipinski definition) is 2. The molecule has 2 nitrogen and oxygen atoms in total. The number of nitrogens with one attached hydrogen (secondary N) is 1. The van der Waals surface area contributed by atoms with Crippen LogP contribution in [0, 0.1) is 20.8 Å². The monoisotopic (exact) mass is 283 g/mol. The zero-order valence-corrected chi connectivity index (χ0v) is 13.7. The Kier molecular flexibility index (Phi) is 5.03. The van der Waals surface area contributed by atoms with Crippen LogP contribution in [0.5, 0.6) is 11.5 Å². The summed E-state index contributed by atoms with van der Waals surface area (Å²) in [6.45, 7) is 8.51. The van der Waals surface area contributed by atoms with Gasteiger partial charge < -0.3 is 10.1 Å². The first-order valence-electron chi connectivity index (χ1n) is 7.58. The van der Waals surface area contributed by atoms with Gasteiger partial charge in [0.25, 0.3) is 0 Å². The van der Waals surface area contributed by atoms with Crippen LogP contribution in [0.1, 0.15) is 41.6 Å². The molecule has 0 aliphatic rings. The summed E-state index contributed by atoms with van der Waals surface area (Å²) in [4.78, 5) is 0. The molecule has 1 N–H and O–H groups in total. The van der Waals surface area contributed by atoms with Crippen LogP contribution in [0.4, 0.5) is 0 Å². The molecule has 0 bridgehead atoms. The number of benzene rings is 2. The Balaban J connectivity index is 2.33. The maximum Gasteiger partial charge on any atom is 0.133 e. The van der Waals surface area contributed by atoms with Gasteiger partial charge in [-0.2, -0.15) is 0 Å². The van der Waals surface area contributed by atoms with Crippen LogP contribution in [-0.2, 0) is 0 Å². The van der Waals surface area contributed by atoms with Crippen LogP contribution in [0.25, 0.3) is 0 Å². The lowest BCUT2D eigenvalue weighted by Gasteiger charge is -2.17. The molecule has 0 radical (unpaired) electrons. The van der Waals surface area contributed by atoms with Gasteiger partial charge in [-0.1, -0.05) is 31.2 Å². The van der Waals surface area contributed by atoms with E-state index in [4.69, 9.17) is 4.74 Å². The van der Waals surface area contributed by atoms with E-state index in [1.54, 1.807) is 0 Å². The molecule has 0 spiro atoms. The molecule has 0 heterocycles. The van der Waals surface area contributed by atoms with Crippen molar-refractivity contribution in [3.8, 4) is 11.5 Å². The molecule has 0 aliphatic heterocycles. The van der Waals surface area contributed by atoms with E-state index in [9.17, 15) is 0 Å². The Bertz CT molecular complexity index is 615. The summed E-state index contributed by atoms with van der Waals surface area (Å²) < 4.78 is 6.17. The lowest BCUT2D eigenvalue weighted by atomic mass is 10.0. The minimum atomic E-state index is 0.369. The second kappa shape index (κ2) is 6.77. The van der Waals surface area contributed by atoms with Gasteiger partial charge in [-0.05, 0) is 68.6 Å². The van der Waals surface area contributed by atoms with Crippen molar-refractivity contribution in [3.63, 3.8) is 0 Å². The molecule has 21 heavy (non-hydrogen) atoms. The summed E-state index contributed by atoms with van der Waals surface area (Å²) in [7, 11) is 2.00. The Morgan fingerprint density at radius 1 is 1.05 bits per heavy atom. The normalized spacial score (nSPS) is 12.2. The number of ether oxygens (including phenoxy) is 1. The van der Waals surface area contributed by atoms with E-state index >= 15 is 0 Å². The van der Waals surface area contributed by atoms with E-state index in [1.807, 2.05) is 13.1 Å². The molecular weight excluding hydrogens is 258 g/mol. The topological polar surface area (TPSA) is 21.3 Å². The molecule has 2 aromatic carbocycles. The largest absolute Gasteiger partial charge is 0.457 e. The predicted octanol–water partition coefficient (Wildman–Crippen LogP) is 5.07. The SMILES string of the molecule is CCC(NC)c1cccc(Oc2c(C)ccc(C)c2C)c1. The second-order valence-corrected chi connectivity index (χ2v) is 5.58. The highest BCUT2D eigenvalue weighted by atomic mass is 16.5. The summed E-state index contributed by atoms with van der Waals surface area (Å²) >= 11 is 0. The molecule has 0 aromatic heterocycles. The fourth-order valence-corrected chi connectivity index (χ4v) is 2.60. The average molecular weight is 283 g/mol. The maximum absolute atomic E-state index is 6.17. The summed E-state index contributed by atoms with van der Waals surface area (Å²) in [5.41, 5.74) is 4.90. The summed E-state index contributed by atoms with van der Waals surface area (Å²) in [6.07, 6.45) is 1.06. The Hall–Kier alpha value is -1.80. The highest BCUT2D eigenvalue weighted by Crippen LogP contribution is 2.31. The zero-order valence-electron chi connectivity index (χ0n) is 13.7. The van der Waals surface area contributed by atoms with Crippen molar-refractivity contribution in [2.24, 2.45) is 0 Å². The zero-order chi connectivity index (χ0) is 15.4. The molecule has 1 atom stereocenters. The van der Waals surface area contributed by atoms with Crippen molar-refractivity contribution >= 4 is 0 Å². The van der Waals surface area contributed by atoms with Gasteiger partial charge >= 0.3 is 0 Å². The summed E-state index contributed by atoms with van der Waals surface area (Å²) in [5.74, 6) is 1.88. The van der Waals surface area contributed by atoms with Gasteiger partial charge in [-0.15, -0.1) is 0 Å². The molecule has 0 saturated carbocycles. The van der Waals surface area contributed by atoms with Crippen LogP contribution in [-0.4, -0.2) is 7.05 Å². The predicted molar refractivity (Wildman–Crippen MR) is 89.3 cm³/mol. The van der Waals surface area contributed by atoms with Gasteiger partial charge in [0.1, 0.15) is 11.5 Å². The van der Waals surface area contributed by atoms with E-state index in [-0.39, 0.29) is 0 Å². The Labute approximate surface area is 128 Å². The van der Waals surface area contributed by atoms with E-state index in [1.165, 1.54) is 22.3 Å². The molecule has 0 aliphatic carbocycles. The van der Waals surface area contributed by atoms with E-state index in [0.29, 0.717) is 6.04 Å². The van der Waals surface area contributed by atoms with Gasteiger partial charge in [0.2, 0.25) is 0 Å². The van der Waals surface area contributed by atoms with Crippen molar-refractivity contribution in [1.82, 2.24) is 5.32 Å². The molecule has 2 aromatic rings. The molecule has 2 heteroatoms. The van der Waals surface area contributed by atoms with Gasteiger partial charge in [0.15, 0.2) is 0 Å². The highest BCUT2D eigenvalue weighted by Gasteiger charge is 2.10. The lowest BCUT2D eigenvalue weighted by Crippen LogP contribution is -2.15. The number of hydrogen-bond donors (Lipinski definition) is 1. The van der Waals surface area contributed by atoms with Crippen molar-refractivity contribution in [2.75, 3.05) is 7.05 Å². The van der Waals surface area contributed by atoms with Gasteiger partial charge in [0, 0.05) is 6.04 Å². The molecule has 112 valence electrons. The quantitative estimate of drug-likeness (QED) is 0.826. The van der Waals surface area contributed by atoms with E-state index in [2.05, 4.69) is 63.3 Å². The van der Waals surface area contributed by atoms with Crippen molar-refractivity contribution in [2.45, 2.75) is 40.2 Å². The van der Waals surface area contributed by atoms with Crippen molar-refractivity contribution in [1.29, 1.82) is 0 Å². The fourth-order valence-electron chi connectivity index (χ4n) is 2.60. The average Bonchev–Trinajstić information content (AvgIpc) is 2.49. The molecule has 1 unspecified atom stereocenters. The minimum Gasteiger partial charge on any atom is -0.457 e. The highest BCUT2D eigenvalue weighted by molar-refractivity contribution is 5.47. The van der Waals surface area contributed by atoms with E-state index < -0.39 is 0 Å². The third-order valence-electron chi connectivity index (χ3n) is 4.11. The van der Waals surface area contributed by atoms with Gasteiger partial charge in [0.05, 0.1) is 0 Å². The van der Waals surface area contributed by atoms with Crippen LogP contribution in [0.15, 0.2) is 36.4 Å². The van der Waals surface area contributed by atoms with Crippen molar-refractivity contribution in [3.05, 3.63) is 58.7 Å². The number of rotatable bonds is 5. The van der Waals surface area contributed by atoms with Crippen LogP contribution >= 0.6 is 0 Å². The van der Waals surface area contributed by atoms with Crippen LogP contribution in [0.2, 0.25) is 0 Å². The van der Waals surface area contributed by atoms with Gasteiger partial charge in [-0.25, -0.2) is 0 Å². The summed E-state index contributed by atoms with van der Waals surface area (Å²) in [6, 6.07) is 13.0. The Morgan fingerprint density at radius 2 is 1.76 bits per heavy atom. The third-order valence-corrected chi connectivity index (χ3v) is 4.11. The van der Waals surface area contributed by atoms with Crippen LogP contribution < -0.4 is 10.1 Å². The molecule has 0 saturated heterocycles. The first-order valence-corrected chi connectivity index (χ1v) is 7.58. The van der Waals surface area contributed by atoms with E-state index in [0.717, 1.165) is 17.9 Å². The summed E-state index contributed by atoms with van der Waals surface area (Å²) in [5, 5.41) is 3.34. The molecule has 0 fully saturated rings. The Morgan fingerprint density at radius 3 is 2.43 bits per heavy atom. The molecular formula is C19H25NO. The lowest BCUT2D eigenvalue weighted by molar-refractivity contribution is 0.471. The molecule has 0 amide bonds. The first kappa shape index (κ1) is 15.6. The second-order valence-electron chi connectivity index (χ2n) is 5.58. The minimum absolute atomic E-state index is 0.369. The third kappa shape index (κ3) is 3.45. The fraction of sp³-hybridized carbons (Fsp3) is 0.368. The van der Waals surface area contributed by atoms with Crippen LogP contribution in [0.3, 0.4) is 0 Å². The maximum atomic E-state index is 6.17.